The monoisotopic (exact) mass is 379 g/mol. The Morgan fingerprint density at radius 1 is 1.07 bits per heavy atom. The molecular formula is C18H14ClN7O. The third kappa shape index (κ3) is 2.93. The van der Waals surface area contributed by atoms with Crippen molar-refractivity contribution in [1.29, 1.82) is 0 Å². The number of carbonyl (C=O) groups is 1. The topological polar surface area (TPSA) is 90.0 Å². The van der Waals surface area contributed by atoms with Crippen LogP contribution >= 0.6 is 11.6 Å². The Hall–Kier alpha value is -3.26. The minimum Gasteiger partial charge on any atom is -0.288 e. The first kappa shape index (κ1) is 16.0. The number of hydrogen-bond acceptors (Lipinski definition) is 5. The van der Waals surface area contributed by atoms with Gasteiger partial charge in [-0.2, -0.15) is 14.7 Å². The number of amides is 1. The molecule has 0 radical (unpaired) electrons. The molecule has 1 fully saturated rings. The normalized spacial score (nSPS) is 13.8. The molecule has 1 aliphatic carbocycles. The molecule has 1 amide bonds. The van der Waals surface area contributed by atoms with Crippen LogP contribution in [0.25, 0.3) is 11.3 Å². The van der Waals surface area contributed by atoms with Crippen LogP contribution in [-0.2, 0) is 0 Å². The van der Waals surface area contributed by atoms with Crippen LogP contribution in [-0.4, -0.2) is 35.5 Å². The molecule has 3 aromatic heterocycles. The highest BCUT2D eigenvalue weighted by molar-refractivity contribution is 6.29. The molecule has 27 heavy (non-hydrogen) atoms. The zero-order valence-corrected chi connectivity index (χ0v) is 14.8. The average Bonchev–Trinajstić information content (AvgIpc) is 3.32. The van der Waals surface area contributed by atoms with Crippen molar-refractivity contribution in [2.75, 3.05) is 5.32 Å². The Balaban J connectivity index is 1.53. The van der Waals surface area contributed by atoms with Gasteiger partial charge < -0.3 is 0 Å². The smallest absolute Gasteiger partial charge is 0.276 e. The van der Waals surface area contributed by atoms with Gasteiger partial charge in [0.15, 0.2) is 5.65 Å². The summed E-state index contributed by atoms with van der Waals surface area (Å²) in [5.41, 5.74) is 2.67. The van der Waals surface area contributed by atoms with Crippen LogP contribution in [0.15, 0.2) is 48.5 Å². The number of fused-ring (bicyclic) bond motifs is 1. The summed E-state index contributed by atoms with van der Waals surface area (Å²) < 4.78 is 3.05. The summed E-state index contributed by atoms with van der Waals surface area (Å²) in [4.78, 5) is 13.0. The maximum Gasteiger partial charge on any atom is 0.276 e. The number of anilines is 1. The molecule has 8 nitrogen and oxygen atoms in total. The number of benzene rings is 1. The maximum atomic E-state index is 13.0. The van der Waals surface area contributed by atoms with Crippen molar-refractivity contribution in [2.45, 2.75) is 18.8 Å². The molecular weight excluding hydrogens is 366 g/mol. The van der Waals surface area contributed by atoms with E-state index in [1.54, 1.807) is 16.8 Å². The molecule has 5 rings (SSSR count). The summed E-state index contributed by atoms with van der Waals surface area (Å²) in [6.07, 6.45) is 2.20. The largest absolute Gasteiger partial charge is 0.288 e. The van der Waals surface area contributed by atoms with Crippen LogP contribution in [0.1, 0.15) is 34.9 Å². The number of aromatic nitrogens is 6. The van der Waals surface area contributed by atoms with Crippen LogP contribution in [0.5, 0.6) is 0 Å². The average molecular weight is 380 g/mol. The summed E-state index contributed by atoms with van der Waals surface area (Å²) >= 11 is 5.94. The lowest BCUT2D eigenvalue weighted by Gasteiger charge is -2.07. The summed E-state index contributed by atoms with van der Waals surface area (Å²) in [7, 11) is 0. The highest BCUT2D eigenvalue weighted by Gasteiger charge is 2.29. The lowest BCUT2D eigenvalue weighted by Crippen LogP contribution is -2.19. The fourth-order valence-electron chi connectivity index (χ4n) is 2.92. The predicted octanol–water partition coefficient (Wildman–Crippen LogP) is 3.09. The number of rotatable bonds is 4. The fourth-order valence-corrected chi connectivity index (χ4v) is 3.05. The number of hydrogen-bond donors (Lipinski definition) is 1. The van der Waals surface area contributed by atoms with E-state index in [9.17, 15) is 4.79 Å². The van der Waals surface area contributed by atoms with Gasteiger partial charge in [0.05, 0.1) is 11.4 Å². The summed E-state index contributed by atoms with van der Waals surface area (Å²) in [6, 6.07) is 14.7. The Morgan fingerprint density at radius 2 is 1.89 bits per heavy atom. The van der Waals surface area contributed by atoms with E-state index in [1.807, 2.05) is 36.4 Å². The van der Waals surface area contributed by atoms with Crippen LogP contribution in [0.4, 0.5) is 5.95 Å². The van der Waals surface area contributed by atoms with Crippen molar-refractivity contribution >= 4 is 29.1 Å². The van der Waals surface area contributed by atoms with Crippen molar-refractivity contribution < 1.29 is 4.79 Å². The van der Waals surface area contributed by atoms with Gasteiger partial charge in [-0.25, -0.2) is 4.68 Å². The van der Waals surface area contributed by atoms with Gasteiger partial charge in [-0.1, -0.05) is 29.8 Å². The Labute approximate surface area is 158 Å². The standard InChI is InChI=1S/C18H14ClN7O/c19-15-8-9-16-21-22-18(26(16)24-15)20-17(27)14-10-13(11-6-7-11)23-25(14)12-4-2-1-3-5-12/h1-5,8-11H,6-7H2,(H,20,22,27). The predicted molar refractivity (Wildman–Crippen MR) is 99.3 cm³/mol. The zero-order valence-electron chi connectivity index (χ0n) is 14.1. The number of para-hydroxylation sites is 1. The van der Waals surface area contributed by atoms with Crippen molar-refractivity contribution in [3.63, 3.8) is 0 Å². The highest BCUT2D eigenvalue weighted by atomic mass is 35.5. The van der Waals surface area contributed by atoms with Gasteiger partial charge in [0.2, 0.25) is 0 Å². The molecule has 0 spiro atoms. The van der Waals surface area contributed by atoms with Crippen molar-refractivity contribution in [1.82, 2.24) is 29.6 Å². The molecule has 1 saturated carbocycles. The number of nitrogens with zero attached hydrogens (tertiary/aromatic N) is 6. The molecule has 134 valence electrons. The molecule has 0 unspecified atom stereocenters. The zero-order chi connectivity index (χ0) is 18.4. The second-order valence-corrected chi connectivity index (χ2v) is 6.77. The minimum atomic E-state index is -0.339. The number of halogens is 1. The van der Waals surface area contributed by atoms with E-state index in [0.717, 1.165) is 24.2 Å². The summed E-state index contributed by atoms with van der Waals surface area (Å²) in [6.45, 7) is 0. The molecule has 1 aromatic carbocycles. The van der Waals surface area contributed by atoms with Crippen LogP contribution < -0.4 is 5.32 Å². The molecule has 9 heteroatoms. The van der Waals surface area contributed by atoms with Gasteiger partial charge in [-0.15, -0.1) is 10.2 Å². The fraction of sp³-hybridized carbons (Fsp3) is 0.167. The van der Waals surface area contributed by atoms with E-state index in [0.29, 0.717) is 17.3 Å². The molecule has 0 saturated heterocycles. The Kier molecular flexibility index (Phi) is 3.64. The molecule has 1 N–H and O–H groups in total. The molecule has 4 aromatic rings. The molecule has 0 bridgehead atoms. The first-order chi connectivity index (χ1) is 13.2. The van der Waals surface area contributed by atoms with Gasteiger partial charge in [-0.05, 0) is 43.2 Å². The molecule has 0 atom stereocenters. The lowest BCUT2D eigenvalue weighted by molar-refractivity contribution is 0.101. The third-order valence-electron chi connectivity index (χ3n) is 4.41. The van der Waals surface area contributed by atoms with Crippen LogP contribution in [0, 0.1) is 0 Å². The first-order valence-corrected chi connectivity index (χ1v) is 8.91. The number of carbonyl (C=O) groups excluding carboxylic acids is 1. The van der Waals surface area contributed by atoms with Gasteiger partial charge in [0.1, 0.15) is 10.8 Å². The third-order valence-corrected chi connectivity index (χ3v) is 4.61. The van der Waals surface area contributed by atoms with E-state index < -0.39 is 0 Å². The van der Waals surface area contributed by atoms with Gasteiger partial charge in [0, 0.05) is 5.92 Å². The van der Waals surface area contributed by atoms with E-state index in [4.69, 9.17) is 11.6 Å². The first-order valence-electron chi connectivity index (χ1n) is 8.54. The number of nitrogens with one attached hydrogen (secondary N) is 1. The summed E-state index contributed by atoms with van der Waals surface area (Å²) in [5.74, 6) is 0.288. The Bertz CT molecular complexity index is 1150. The second-order valence-electron chi connectivity index (χ2n) is 6.38. The van der Waals surface area contributed by atoms with Crippen LogP contribution in [0.3, 0.4) is 0 Å². The van der Waals surface area contributed by atoms with Crippen molar-refractivity contribution in [3.8, 4) is 5.69 Å². The van der Waals surface area contributed by atoms with Crippen molar-refractivity contribution in [3.05, 3.63) is 65.1 Å². The van der Waals surface area contributed by atoms with E-state index in [1.165, 1.54) is 4.52 Å². The van der Waals surface area contributed by atoms with E-state index >= 15 is 0 Å². The van der Waals surface area contributed by atoms with Crippen LogP contribution in [0.2, 0.25) is 5.15 Å². The molecule has 3 heterocycles. The minimum absolute atomic E-state index is 0.200. The summed E-state index contributed by atoms with van der Waals surface area (Å²) in [5, 5.41) is 19.8. The SMILES string of the molecule is O=C(Nc1nnc2ccc(Cl)nn12)c1cc(C2CC2)nn1-c1ccccc1. The van der Waals surface area contributed by atoms with Crippen molar-refractivity contribution in [2.24, 2.45) is 0 Å². The van der Waals surface area contributed by atoms with Gasteiger partial charge in [0.25, 0.3) is 11.9 Å². The second kappa shape index (κ2) is 6.17. The van der Waals surface area contributed by atoms with Gasteiger partial charge in [-0.3, -0.25) is 10.1 Å². The highest BCUT2D eigenvalue weighted by Crippen LogP contribution is 2.39. The molecule has 1 aliphatic rings. The quantitative estimate of drug-likeness (QED) is 0.588. The lowest BCUT2D eigenvalue weighted by atomic mass is 10.2. The molecule has 0 aliphatic heterocycles. The van der Waals surface area contributed by atoms with E-state index in [2.05, 4.69) is 25.7 Å². The maximum absolute atomic E-state index is 13.0. The van der Waals surface area contributed by atoms with Gasteiger partial charge >= 0.3 is 0 Å². The van der Waals surface area contributed by atoms with E-state index in [-0.39, 0.29) is 17.0 Å². The Morgan fingerprint density at radius 3 is 2.67 bits per heavy atom.